The molecule has 1 aliphatic rings. The number of rotatable bonds is 11. The maximum atomic E-state index is 5.98. The first kappa shape index (κ1) is 23.9. The zero-order valence-electron chi connectivity index (χ0n) is 16.7. The van der Waals surface area contributed by atoms with E-state index in [1.54, 1.807) is 12.4 Å². The zero-order valence-corrected chi connectivity index (χ0v) is 19.0. The molecule has 0 bridgehead atoms. The van der Waals surface area contributed by atoms with Crippen LogP contribution < -0.4 is 15.4 Å². The molecule has 1 aromatic rings. The van der Waals surface area contributed by atoms with Crippen molar-refractivity contribution in [1.29, 1.82) is 0 Å². The summed E-state index contributed by atoms with van der Waals surface area (Å²) in [7, 11) is 0. The minimum Gasteiger partial charge on any atom is -0.490 e. The Morgan fingerprint density at radius 2 is 2.11 bits per heavy atom. The van der Waals surface area contributed by atoms with Crippen LogP contribution in [0.25, 0.3) is 0 Å². The molecule has 0 amide bonds. The normalized spacial score (nSPS) is 15.9. The molecule has 6 nitrogen and oxygen atoms in total. The largest absolute Gasteiger partial charge is 0.490 e. The summed E-state index contributed by atoms with van der Waals surface area (Å²) >= 11 is 0. The van der Waals surface area contributed by atoms with Gasteiger partial charge in [0.1, 0.15) is 12.4 Å². The Labute approximate surface area is 180 Å². The molecule has 154 valence electrons. The molecule has 2 N–H and O–H groups in total. The van der Waals surface area contributed by atoms with Crippen LogP contribution in [0.5, 0.6) is 5.75 Å². The number of ether oxygens (including phenoxy) is 2. The smallest absolute Gasteiger partial charge is 0.191 e. The van der Waals surface area contributed by atoms with Crippen LogP contribution in [0.3, 0.4) is 0 Å². The lowest BCUT2D eigenvalue weighted by molar-refractivity contribution is 0.0177. The van der Waals surface area contributed by atoms with Crippen LogP contribution in [0.2, 0.25) is 0 Å². The molecular weight excluding hydrogens is 455 g/mol. The molecule has 1 heterocycles. The van der Waals surface area contributed by atoms with Crippen LogP contribution in [0.1, 0.15) is 46.0 Å². The lowest BCUT2D eigenvalue weighted by Gasteiger charge is -2.22. The van der Waals surface area contributed by atoms with Gasteiger partial charge >= 0.3 is 0 Å². The highest BCUT2D eigenvalue weighted by Gasteiger charge is 2.24. The maximum absolute atomic E-state index is 5.98. The van der Waals surface area contributed by atoms with Crippen molar-refractivity contribution in [2.45, 2.75) is 52.1 Å². The highest BCUT2D eigenvalue weighted by molar-refractivity contribution is 14.0. The third kappa shape index (κ3) is 9.60. The third-order valence-corrected chi connectivity index (χ3v) is 4.63. The summed E-state index contributed by atoms with van der Waals surface area (Å²) in [5.74, 6) is 2.34. The van der Waals surface area contributed by atoms with Crippen LogP contribution in [-0.4, -0.2) is 49.9 Å². The Morgan fingerprint density at radius 1 is 1.30 bits per heavy atom. The van der Waals surface area contributed by atoms with Crippen molar-refractivity contribution in [3.8, 4) is 5.75 Å². The van der Waals surface area contributed by atoms with E-state index in [0.29, 0.717) is 25.2 Å². The van der Waals surface area contributed by atoms with Crippen molar-refractivity contribution >= 4 is 29.9 Å². The maximum Gasteiger partial charge on any atom is 0.191 e. The summed E-state index contributed by atoms with van der Waals surface area (Å²) in [5.41, 5.74) is 0. The van der Waals surface area contributed by atoms with Gasteiger partial charge in [-0.05, 0) is 51.2 Å². The van der Waals surface area contributed by atoms with E-state index in [-0.39, 0.29) is 24.0 Å². The minimum absolute atomic E-state index is 0. The molecular formula is C20H35IN4O2. The molecule has 1 unspecified atom stereocenters. The van der Waals surface area contributed by atoms with Gasteiger partial charge in [0.05, 0.1) is 18.8 Å². The van der Waals surface area contributed by atoms with E-state index in [9.17, 15) is 0 Å². The van der Waals surface area contributed by atoms with Gasteiger partial charge in [-0.2, -0.15) is 0 Å². The summed E-state index contributed by atoms with van der Waals surface area (Å²) in [6.45, 7) is 7.82. The monoisotopic (exact) mass is 490 g/mol. The summed E-state index contributed by atoms with van der Waals surface area (Å²) in [4.78, 5) is 8.74. The van der Waals surface area contributed by atoms with Gasteiger partial charge in [-0.1, -0.05) is 12.8 Å². The number of guanidine groups is 1. The van der Waals surface area contributed by atoms with Crippen LogP contribution in [0.15, 0.2) is 29.5 Å². The first-order valence-electron chi connectivity index (χ1n) is 10.00. The third-order valence-electron chi connectivity index (χ3n) is 4.63. The summed E-state index contributed by atoms with van der Waals surface area (Å²) in [6.07, 6.45) is 10.1. The number of hydrogen-bond acceptors (Lipinski definition) is 4. The fraction of sp³-hybridized carbons (Fsp3) is 0.700. The number of nitrogens with one attached hydrogen (secondary N) is 2. The fourth-order valence-electron chi connectivity index (χ4n) is 3.41. The Kier molecular flexibility index (Phi) is 13.2. The Morgan fingerprint density at radius 3 is 2.78 bits per heavy atom. The SMILES string of the molecule is CCNC(=NCCC(OCC)C1CCCC1)NCCOc1cccnc1.I. The minimum atomic E-state index is 0. The molecule has 27 heavy (non-hydrogen) atoms. The van der Waals surface area contributed by atoms with Gasteiger partial charge in [0, 0.05) is 25.9 Å². The summed E-state index contributed by atoms with van der Waals surface area (Å²) < 4.78 is 11.6. The van der Waals surface area contributed by atoms with Gasteiger partial charge in [-0.3, -0.25) is 9.98 Å². The van der Waals surface area contributed by atoms with Crippen molar-refractivity contribution in [3.05, 3.63) is 24.5 Å². The highest BCUT2D eigenvalue weighted by atomic mass is 127. The number of nitrogens with zero attached hydrogens (tertiary/aromatic N) is 2. The molecule has 1 saturated carbocycles. The van der Waals surface area contributed by atoms with Gasteiger partial charge in [0.25, 0.3) is 0 Å². The van der Waals surface area contributed by atoms with Crippen molar-refractivity contribution in [3.63, 3.8) is 0 Å². The predicted octanol–water partition coefficient (Wildman–Crippen LogP) is 3.62. The van der Waals surface area contributed by atoms with Crippen molar-refractivity contribution < 1.29 is 9.47 Å². The number of halogens is 1. The molecule has 1 fully saturated rings. The molecule has 0 aromatic carbocycles. The molecule has 1 aromatic heterocycles. The second kappa shape index (κ2) is 14.9. The zero-order chi connectivity index (χ0) is 18.5. The Balaban J connectivity index is 0.00000364. The quantitative estimate of drug-likeness (QED) is 0.215. The van der Waals surface area contributed by atoms with E-state index in [1.807, 2.05) is 12.1 Å². The first-order chi connectivity index (χ1) is 12.8. The standard InChI is InChI=1S/C20H34N4O2.HI/c1-3-22-20(24-14-15-26-18-10-7-12-21-16-18)23-13-11-19(25-4-2)17-8-5-6-9-17;/h7,10,12,16-17,19H,3-6,8-9,11,13-15H2,1-2H3,(H2,22,23,24);1H. The molecule has 7 heteroatoms. The summed E-state index contributed by atoms with van der Waals surface area (Å²) in [6, 6.07) is 3.77. The summed E-state index contributed by atoms with van der Waals surface area (Å²) in [5, 5.41) is 6.61. The average molecular weight is 490 g/mol. The van der Waals surface area contributed by atoms with Crippen LogP contribution >= 0.6 is 24.0 Å². The van der Waals surface area contributed by atoms with Crippen molar-refractivity contribution in [2.75, 3.05) is 32.8 Å². The number of aromatic nitrogens is 1. The van der Waals surface area contributed by atoms with E-state index in [4.69, 9.17) is 14.5 Å². The molecule has 0 radical (unpaired) electrons. The average Bonchev–Trinajstić information content (AvgIpc) is 3.20. The Bertz CT molecular complexity index is 510. The molecule has 0 spiro atoms. The van der Waals surface area contributed by atoms with Gasteiger partial charge in [0.2, 0.25) is 0 Å². The first-order valence-corrected chi connectivity index (χ1v) is 10.00. The fourth-order valence-corrected chi connectivity index (χ4v) is 3.41. The number of hydrogen-bond donors (Lipinski definition) is 2. The highest BCUT2D eigenvalue weighted by Crippen LogP contribution is 2.30. The molecule has 1 aliphatic carbocycles. The second-order valence-corrected chi connectivity index (χ2v) is 6.55. The van der Waals surface area contributed by atoms with E-state index in [2.05, 4.69) is 29.5 Å². The van der Waals surface area contributed by atoms with Gasteiger partial charge < -0.3 is 20.1 Å². The van der Waals surface area contributed by atoms with E-state index < -0.39 is 0 Å². The van der Waals surface area contributed by atoms with Gasteiger partial charge in [0.15, 0.2) is 5.96 Å². The van der Waals surface area contributed by atoms with E-state index >= 15 is 0 Å². The number of pyridine rings is 1. The number of aliphatic imine (C=N–C) groups is 1. The lowest BCUT2D eigenvalue weighted by atomic mass is 9.98. The van der Waals surface area contributed by atoms with Crippen LogP contribution in [0.4, 0.5) is 0 Å². The molecule has 0 saturated heterocycles. The van der Waals surface area contributed by atoms with Gasteiger partial charge in [-0.15, -0.1) is 24.0 Å². The van der Waals surface area contributed by atoms with Crippen molar-refractivity contribution in [1.82, 2.24) is 15.6 Å². The van der Waals surface area contributed by atoms with Crippen LogP contribution in [0, 0.1) is 5.92 Å². The van der Waals surface area contributed by atoms with Gasteiger partial charge in [-0.25, -0.2) is 0 Å². The van der Waals surface area contributed by atoms with E-state index in [1.165, 1.54) is 25.7 Å². The molecule has 1 atom stereocenters. The molecule has 2 rings (SSSR count). The molecule has 0 aliphatic heterocycles. The van der Waals surface area contributed by atoms with Crippen molar-refractivity contribution in [2.24, 2.45) is 10.9 Å². The predicted molar refractivity (Wildman–Crippen MR) is 121 cm³/mol. The second-order valence-electron chi connectivity index (χ2n) is 6.55. The lowest BCUT2D eigenvalue weighted by Crippen LogP contribution is -2.39. The van der Waals surface area contributed by atoms with Crippen LogP contribution in [-0.2, 0) is 4.74 Å². The van der Waals surface area contributed by atoms with E-state index in [0.717, 1.165) is 37.8 Å². The Hall–Kier alpha value is -1.09. The topological polar surface area (TPSA) is 67.8 Å².